The summed E-state index contributed by atoms with van der Waals surface area (Å²) in [6.07, 6.45) is -1.19. The summed E-state index contributed by atoms with van der Waals surface area (Å²) in [6, 6.07) is 11.2. The highest BCUT2D eigenvalue weighted by atomic mass is 32.2. The Hall–Kier alpha value is -3.55. The maximum absolute atomic E-state index is 12.8. The zero-order chi connectivity index (χ0) is 23.4. The summed E-state index contributed by atoms with van der Waals surface area (Å²) in [6.45, 7) is 0. The number of aromatic nitrogens is 4. The van der Waals surface area contributed by atoms with Gasteiger partial charge in [0.2, 0.25) is 15.8 Å². The highest BCUT2D eigenvalue weighted by Gasteiger charge is 2.30. The van der Waals surface area contributed by atoms with E-state index in [9.17, 15) is 21.6 Å². The minimum atomic E-state index is -4.41. The molecule has 0 saturated carbocycles. The predicted octanol–water partition coefficient (Wildman–Crippen LogP) is 4.45. The first kappa shape index (κ1) is 21.3. The first-order valence-corrected chi connectivity index (χ1v) is 11.6. The Labute approximate surface area is 188 Å². The van der Waals surface area contributed by atoms with Crippen LogP contribution >= 0.6 is 11.3 Å². The molecule has 8 nitrogen and oxygen atoms in total. The Morgan fingerprint density at radius 3 is 2.39 bits per heavy atom. The van der Waals surface area contributed by atoms with Gasteiger partial charge in [0, 0.05) is 6.20 Å². The molecule has 13 heteroatoms. The first-order valence-electron chi connectivity index (χ1n) is 9.21. The van der Waals surface area contributed by atoms with Crippen LogP contribution in [-0.4, -0.2) is 27.9 Å². The van der Waals surface area contributed by atoms with E-state index >= 15 is 0 Å². The maximum Gasteiger partial charge on any atom is 0.416 e. The molecular formula is C20H12F3N5O3S2. The van der Waals surface area contributed by atoms with Gasteiger partial charge in [0.15, 0.2) is 0 Å². The van der Waals surface area contributed by atoms with E-state index in [4.69, 9.17) is 9.66 Å². The number of benzene rings is 1. The number of halogens is 3. The van der Waals surface area contributed by atoms with Crippen molar-refractivity contribution in [2.45, 2.75) is 10.4 Å². The van der Waals surface area contributed by atoms with Crippen LogP contribution in [0.1, 0.15) is 5.56 Å². The average molecular weight is 491 g/mol. The summed E-state index contributed by atoms with van der Waals surface area (Å²) in [5, 5.41) is 9.03. The second-order valence-electron chi connectivity index (χ2n) is 6.95. The minimum absolute atomic E-state index is 0.0279. The Bertz CT molecular complexity index is 1590. The van der Waals surface area contributed by atoms with E-state index in [1.54, 1.807) is 22.7 Å². The van der Waals surface area contributed by atoms with Gasteiger partial charge >= 0.3 is 6.18 Å². The second-order valence-corrected chi connectivity index (χ2v) is 9.82. The smallest absolute Gasteiger partial charge is 0.332 e. The molecule has 0 saturated heterocycles. The molecule has 0 aliphatic heterocycles. The SMILES string of the molecule is NS(=O)(=O)c1ccc(-c2noc(-c3cnc4ccc(-c5ccc(C(F)(F)F)cc5)cn34)n2)s1. The van der Waals surface area contributed by atoms with E-state index in [-0.39, 0.29) is 15.9 Å². The maximum atomic E-state index is 12.8. The van der Waals surface area contributed by atoms with E-state index in [0.29, 0.717) is 27.3 Å². The fraction of sp³-hybridized carbons (Fsp3) is 0.0500. The highest BCUT2D eigenvalue weighted by Crippen LogP contribution is 2.32. The predicted molar refractivity (Wildman–Crippen MR) is 114 cm³/mol. The monoisotopic (exact) mass is 491 g/mol. The van der Waals surface area contributed by atoms with Gasteiger partial charge in [-0.1, -0.05) is 17.3 Å². The molecule has 5 aromatic rings. The topological polar surface area (TPSA) is 116 Å². The van der Waals surface area contributed by atoms with Crippen molar-refractivity contribution in [3.63, 3.8) is 0 Å². The molecule has 0 amide bonds. The average Bonchev–Trinajstić information content (AvgIpc) is 3.50. The third-order valence-electron chi connectivity index (χ3n) is 4.78. The molecule has 0 aliphatic carbocycles. The van der Waals surface area contributed by atoms with Crippen molar-refractivity contribution in [3.05, 3.63) is 66.5 Å². The van der Waals surface area contributed by atoms with Crippen molar-refractivity contribution in [1.82, 2.24) is 19.5 Å². The summed E-state index contributed by atoms with van der Waals surface area (Å²) in [7, 11) is -3.84. The van der Waals surface area contributed by atoms with Crippen molar-refractivity contribution in [3.8, 4) is 33.4 Å². The van der Waals surface area contributed by atoms with Gasteiger partial charge in [-0.15, -0.1) is 11.3 Å². The Kier molecular flexibility index (Phi) is 4.84. The normalized spacial score (nSPS) is 12.5. The van der Waals surface area contributed by atoms with Gasteiger partial charge < -0.3 is 4.52 Å². The molecule has 5 rings (SSSR count). The van der Waals surface area contributed by atoms with Crippen molar-refractivity contribution in [2.24, 2.45) is 5.14 Å². The summed E-state index contributed by atoms with van der Waals surface area (Å²) >= 11 is 0.909. The quantitative estimate of drug-likeness (QED) is 0.397. The van der Waals surface area contributed by atoms with Crippen LogP contribution in [0.25, 0.3) is 39.1 Å². The summed E-state index contributed by atoms with van der Waals surface area (Å²) in [4.78, 5) is 9.06. The fourth-order valence-electron chi connectivity index (χ4n) is 3.18. The molecule has 4 heterocycles. The Balaban J connectivity index is 1.51. The van der Waals surface area contributed by atoms with Crippen molar-refractivity contribution in [2.75, 3.05) is 0 Å². The van der Waals surface area contributed by atoms with E-state index < -0.39 is 21.8 Å². The van der Waals surface area contributed by atoms with Gasteiger partial charge in [-0.25, -0.2) is 18.5 Å². The van der Waals surface area contributed by atoms with Gasteiger partial charge in [0.25, 0.3) is 5.89 Å². The number of primary sulfonamides is 1. The van der Waals surface area contributed by atoms with Crippen LogP contribution in [0.15, 0.2) is 69.7 Å². The molecular weight excluding hydrogens is 479 g/mol. The molecule has 1 aromatic carbocycles. The van der Waals surface area contributed by atoms with Gasteiger partial charge in [0.1, 0.15) is 15.6 Å². The number of sulfonamides is 1. The largest absolute Gasteiger partial charge is 0.416 e. The van der Waals surface area contributed by atoms with Crippen LogP contribution in [-0.2, 0) is 16.2 Å². The number of nitrogens with two attached hydrogens (primary N) is 1. The number of nitrogens with zero attached hydrogens (tertiary/aromatic N) is 4. The Morgan fingerprint density at radius 2 is 1.73 bits per heavy atom. The lowest BCUT2D eigenvalue weighted by Crippen LogP contribution is -2.09. The number of rotatable bonds is 4. The van der Waals surface area contributed by atoms with Crippen LogP contribution in [0.4, 0.5) is 13.2 Å². The lowest BCUT2D eigenvalue weighted by molar-refractivity contribution is -0.137. The third kappa shape index (κ3) is 4.01. The molecule has 0 spiro atoms. The molecule has 2 N–H and O–H groups in total. The van der Waals surface area contributed by atoms with Crippen LogP contribution in [0.5, 0.6) is 0 Å². The lowest BCUT2D eigenvalue weighted by Gasteiger charge is -2.08. The number of hydrogen-bond donors (Lipinski definition) is 1. The second kappa shape index (κ2) is 7.50. The zero-order valence-corrected chi connectivity index (χ0v) is 17.9. The van der Waals surface area contributed by atoms with Crippen molar-refractivity contribution < 1.29 is 26.1 Å². The molecule has 0 unspecified atom stereocenters. The standard InChI is InChI=1S/C20H12F3N5O3S2/c21-20(22,23)13-4-1-11(2-5-13)12-3-7-16-25-9-14(28(16)10-12)19-26-18(27-31-19)15-6-8-17(32-15)33(24,29)30/h1-10H,(H2,24,29,30). The van der Waals surface area contributed by atoms with E-state index in [1.165, 1.54) is 30.5 Å². The fourth-order valence-corrected chi connectivity index (χ4v) is 4.84. The van der Waals surface area contributed by atoms with E-state index in [2.05, 4.69) is 15.1 Å². The number of imidazole rings is 1. The van der Waals surface area contributed by atoms with Gasteiger partial charge in [-0.3, -0.25) is 4.40 Å². The van der Waals surface area contributed by atoms with Crippen LogP contribution in [0.2, 0.25) is 0 Å². The number of fused-ring (bicyclic) bond motifs is 1. The van der Waals surface area contributed by atoms with Crippen LogP contribution in [0.3, 0.4) is 0 Å². The van der Waals surface area contributed by atoms with Crippen LogP contribution in [0, 0.1) is 0 Å². The molecule has 168 valence electrons. The zero-order valence-electron chi connectivity index (χ0n) is 16.3. The summed E-state index contributed by atoms with van der Waals surface area (Å²) in [5.74, 6) is 0.311. The lowest BCUT2D eigenvalue weighted by atomic mass is 10.1. The van der Waals surface area contributed by atoms with Gasteiger partial charge in [-0.05, 0) is 47.5 Å². The summed E-state index contributed by atoms with van der Waals surface area (Å²) in [5.41, 5.74) is 1.54. The van der Waals surface area contributed by atoms with Crippen LogP contribution < -0.4 is 5.14 Å². The molecule has 0 atom stereocenters. The number of hydrogen-bond acceptors (Lipinski definition) is 7. The third-order valence-corrected chi connectivity index (χ3v) is 7.30. The molecule has 4 aromatic heterocycles. The number of alkyl halides is 3. The number of thiophene rings is 1. The molecule has 0 radical (unpaired) electrons. The number of pyridine rings is 1. The van der Waals surface area contributed by atoms with E-state index in [0.717, 1.165) is 23.5 Å². The minimum Gasteiger partial charge on any atom is -0.332 e. The molecule has 0 fully saturated rings. The van der Waals surface area contributed by atoms with E-state index in [1.807, 2.05) is 0 Å². The molecule has 0 bridgehead atoms. The molecule has 33 heavy (non-hydrogen) atoms. The molecule has 0 aliphatic rings. The van der Waals surface area contributed by atoms with Gasteiger partial charge in [0.05, 0.1) is 16.6 Å². The van der Waals surface area contributed by atoms with Gasteiger partial charge in [-0.2, -0.15) is 18.2 Å². The van der Waals surface area contributed by atoms with Crippen molar-refractivity contribution in [1.29, 1.82) is 0 Å². The Morgan fingerprint density at radius 1 is 1.00 bits per heavy atom. The summed E-state index contributed by atoms with van der Waals surface area (Å²) < 4.78 is 68.5. The highest BCUT2D eigenvalue weighted by molar-refractivity contribution is 7.91. The first-order chi connectivity index (χ1) is 15.6. The van der Waals surface area contributed by atoms with Crippen molar-refractivity contribution >= 4 is 27.0 Å².